The number of aryl methyl sites for hydroxylation is 1. The molecule has 0 aliphatic heterocycles. The lowest BCUT2D eigenvalue weighted by molar-refractivity contribution is -0.118. The number of hydrogen-bond acceptors (Lipinski definition) is 2. The molecule has 0 bridgehead atoms. The summed E-state index contributed by atoms with van der Waals surface area (Å²) >= 11 is 0. The Balaban J connectivity index is 2.59. The summed E-state index contributed by atoms with van der Waals surface area (Å²) in [5.41, 5.74) is 6.35. The predicted molar refractivity (Wildman–Crippen MR) is 60.3 cm³/mol. The van der Waals surface area contributed by atoms with Crippen molar-refractivity contribution in [2.75, 3.05) is 7.05 Å². The van der Waals surface area contributed by atoms with Crippen LogP contribution in [0.25, 0.3) is 0 Å². The van der Waals surface area contributed by atoms with Crippen LogP contribution < -0.4 is 11.1 Å². The van der Waals surface area contributed by atoms with Crippen LogP contribution in [0.5, 0.6) is 0 Å². The van der Waals surface area contributed by atoms with E-state index >= 15 is 0 Å². The van der Waals surface area contributed by atoms with Gasteiger partial charge in [0.2, 0.25) is 5.91 Å². The van der Waals surface area contributed by atoms with Gasteiger partial charge < -0.3 is 15.6 Å². The fraction of sp³-hybridized carbons (Fsp3) is 0.545. The Morgan fingerprint density at radius 2 is 2.40 bits per heavy atom. The lowest BCUT2D eigenvalue weighted by atomic mass is 10.1. The second-order valence-corrected chi connectivity index (χ2v) is 3.65. The fourth-order valence-electron chi connectivity index (χ4n) is 1.65. The van der Waals surface area contributed by atoms with Gasteiger partial charge in [-0.2, -0.15) is 0 Å². The summed E-state index contributed by atoms with van der Waals surface area (Å²) in [6.07, 6.45) is 5.49. The zero-order chi connectivity index (χ0) is 11.3. The van der Waals surface area contributed by atoms with E-state index in [2.05, 4.69) is 24.5 Å². The molecular formula is C11H19N3O. The molecule has 3 N–H and O–H groups in total. The quantitative estimate of drug-likeness (QED) is 0.735. The van der Waals surface area contributed by atoms with Crippen molar-refractivity contribution in [1.82, 2.24) is 9.88 Å². The Hall–Kier alpha value is -1.29. The Labute approximate surface area is 90.5 Å². The number of amides is 1. The molecule has 0 saturated carbocycles. The first-order chi connectivity index (χ1) is 7.17. The zero-order valence-electron chi connectivity index (χ0n) is 9.36. The minimum Gasteiger partial charge on any atom is -0.370 e. The average Bonchev–Trinajstić information content (AvgIpc) is 2.65. The van der Waals surface area contributed by atoms with E-state index < -0.39 is 0 Å². The molecule has 4 heteroatoms. The summed E-state index contributed by atoms with van der Waals surface area (Å²) in [7, 11) is 1.95. The average molecular weight is 209 g/mol. The lowest BCUT2D eigenvalue weighted by Crippen LogP contribution is -2.15. The summed E-state index contributed by atoms with van der Waals surface area (Å²) in [4.78, 5) is 10.6. The molecule has 0 saturated heterocycles. The fourth-order valence-corrected chi connectivity index (χ4v) is 1.65. The molecule has 1 atom stereocenters. The summed E-state index contributed by atoms with van der Waals surface area (Å²) in [6, 6.07) is 2.46. The van der Waals surface area contributed by atoms with E-state index in [-0.39, 0.29) is 5.91 Å². The van der Waals surface area contributed by atoms with Crippen molar-refractivity contribution >= 4 is 5.91 Å². The number of primary amides is 1. The van der Waals surface area contributed by atoms with Crippen LogP contribution in [0, 0.1) is 0 Å². The van der Waals surface area contributed by atoms with Crippen molar-refractivity contribution in [3.63, 3.8) is 0 Å². The molecule has 15 heavy (non-hydrogen) atoms. The maximum absolute atomic E-state index is 10.6. The smallest absolute Gasteiger partial charge is 0.219 e. The first-order valence-electron chi connectivity index (χ1n) is 5.28. The molecular weight excluding hydrogens is 190 g/mol. The van der Waals surface area contributed by atoms with Gasteiger partial charge in [-0.1, -0.05) is 6.92 Å². The van der Waals surface area contributed by atoms with Crippen LogP contribution in [-0.4, -0.2) is 17.5 Å². The normalized spacial score (nSPS) is 12.7. The summed E-state index contributed by atoms with van der Waals surface area (Å²) < 4.78 is 2.00. The van der Waals surface area contributed by atoms with Gasteiger partial charge in [0.15, 0.2) is 0 Å². The van der Waals surface area contributed by atoms with Crippen LogP contribution in [0.15, 0.2) is 18.5 Å². The third-order valence-corrected chi connectivity index (χ3v) is 2.55. The molecule has 84 valence electrons. The maximum atomic E-state index is 10.6. The number of nitrogens with zero attached hydrogens (tertiary/aromatic N) is 1. The largest absolute Gasteiger partial charge is 0.370 e. The van der Waals surface area contributed by atoms with Crippen LogP contribution in [0.2, 0.25) is 0 Å². The van der Waals surface area contributed by atoms with E-state index in [1.54, 1.807) is 0 Å². The lowest BCUT2D eigenvalue weighted by Gasteiger charge is -2.11. The van der Waals surface area contributed by atoms with Crippen LogP contribution in [-0.2, 0) is 11.3 Å². The number of nitrogens with two attached hydrogens (primary N) is 1. The number of aromatic nitrogens is 1. The third kappa shape index (κ3) is 3.40. The summed E-state index contributed by atoms with van der Waals surface area (Å²) in [5.74, 6) is -0.258. The van der Waals surface area contributed by atoms with Gasteiger partial charge in [-0.25, -0.2) is 0 Å². The van der Waals surface area contributed by atoms with Gasteiger partial charge in [0, 0.05) is 31.4 Å². The van der Waals surface area contributed by atoms with Crippen LogP contribution in [0.1, 0.15) is 31.4 Å². The highest BCUT2D eigenvalue weighted by Gasteiger charge is 2.07. The SMILES string of the molecule is CCC(NC)c1ccn(CCC(N)=O)c1. The Bertz CT molecular complexity index is 315. The summed E-state index contributed by atoms with van der Waals surface area (Å²) in [5, 5.41) is 3.24. The highest BCUT2D eigenvalue weighted by Crippen LogP contribution is 2.16. The van der Waals surface area contributed by atoms with Gasteiger partial charge in [0.05, 0.1) is 0 Å². The Morgan fingerprint density at radius 3 is 2.93 bits per heavy atom. The molecule has 0 aliphatic rings. The first kappa shape index (κ1) is 11.8. The Kier molecular flexibility index (Phi) is 4.37. The molecule has 0 aliphatic carbocycles. The topological polar surface area (TPSA) is 60.1 Å². The van der Waals surface area contributed by atoms with E-state index in [1.807, 2.05) is 17.8 Å². The molecule has 1 unspecified atom stereocenters. The minimum absolute atomic E-state index is 0.258. The van der Waals surface area contributed by atoms with Crippen molar-refractivity contribution in [2.45, 2.75) is 32.4 Å². The first-order valence-corrected chi connectivity index (χ1v) is 5.28. The van der Waals surface area contributed by atoms with Gasteiger partial charge in [0.25, 0.3) is 0 Å². The van der Waals surface area contributed by atoms with Gasteiger partial charge in [-0.3, -0.25) is 4.79 Å². The zero-order valence-corrected chi connectivity index (χ0v) is 9.36. The van der Waals surface area contributed by atoms with Gasteiger partial charge in [-0.15, -0.1) is 0 Å². The molecule has 1 rings (SSSR count). The molecule has 1 aromatic rings. The van der Waals surface area contributed by atoms with Crippen molar-refractivity contribution in [2.24, 2.45) is 5.73 Å². The van der Waals surface area contributed by atoms with E-state index in [0.717, 1.165) is 6.42 Å². The molecule has 1 amide bonds. The monoisotopic (exact) mass is 209 g/mol. The number of hydrogen-bond donors (Lipinski definition) is 2. The highest BCUT2D eigenvalue weighted by molar-refractivity contribution is 5.73. The number of rotatable bonds is 6. The molecule has 0 aromatic carbocycles. The van der Waals surface area contributed by atoms with Crippen molar-refractivity contribution in [1.29, 1.82) is 0 Å². The molecule has 0 fully saturated rings. The highest BCUT2D eigenvalue weighted by atomic mass is 16.1. The van der Waals surface area contributed by atoms with Crippen molar-refractivity contribution < 1.29 is 4.79 Å². The molecule has 1 aromatic heterocycles. The minimum atomic E-state index is -0.258. The molecule has 0 radical (unpaired) electrons. The second kappa shape index (κ2) is 5.56. The predicted octanol–water partition coefficient (Wildman–Crippen LogP) is 1.03. The van der Waals surface area contributed by atoms with Gasteiger partial charge in [0.1, 0.15) is 0 Å². The summed E-state index contributed by atoms with van der Waals surface area (Å²) in [6.45, 7) is 2.80. The van der Waals surface area contributed by atoms with Crippen molar-refractivity contribution in [3.8, 4) is 0 Å². The van der Waals surface area contributed by atoms with E-state index in [0.29, 0.717) is 19.0 Å². The molecule has 1 heterocycles. The van der Waals surface area contributed by atoms with Crippen LogP contribution >= 0.6 is 0 Å². The standard InChI is InChI=1S/C11H19N3O/c1-3-10(13-2)9-4-6-14(8-9)7-5-11(12)15/h4,6,8,10,13H,3,5,7H2,1-2H3,(H2,12,15). The van der Waals surface area contributed by atoms with Crippen molar-refractivity contribution in [3.05, 3.63) is 24.0 Å². The third-order valence-electron chi connectivity index (χ3n) is 2.55. The van der Waals surface area contributed by atoms with Crippen LogP contribution in [0.4, 0.5) is 0 Å². The van der Waals surface area contributed by atoms with Gasteiger partial charge >= 0.3 is 0 Å². The number of nitrogens with one attached hydrogen (secondary N) is 1. The Morgan fingerprint density at radius 1 is 1.67 bits per heavy atom. The van der Waals surface area contributed by atoms with E-state index in [1.165, 1.54) is 5.56 Å². The number of carbonyl (C=O) groups excluding carboxylic acids is 1. The van der Waals surface area contributed by atoms with Gasteiger partial charge in [-0.05, 0) is 25.1 Å². The van der Waals surface area contributed by atoms with E-state index in [9.17, 15) is 4.79 Å². The molecule has 0 spiro atoms. The second-order valence-electron chi connectivity index (χ2n) is 3.65. The van der Waals surface area contributed by atoms with Crippen LogP contribution in [0.3, 0.4) is 0 Å². The number of carbonyl (C=O) groups is 1. The molecule has 4 nitrogen and oxygen atoms in total. The maximum Gasteiger partial charge on any atom is 0.219 e. The van der Waals surface area contributed by atoms with E-state index in [4.69, 9.17) is 5.73 Å².